The lowest BCUT2D eigenvalue weighted by atomic mass is 9.83. The minimum absolute atomic E-state index is 0.176. The predicted octanol–water partition coefficient (Wildman–Crippen LogP) is 5.88. The molecule has 1 N–H and O–H groups in total. The van der Waals surface area contributed by atoms with Crippen LogP contribution in [0.25, 0.3) is 0 Å². The first-order valence-electron chi connectivity index (χ1n) is 11.9. The fraction of sp³-hybridized carbons (Fsp3) is 0.538. The number of fused-ring (bicyclic) bond motifs is 1. The van der Waals surface area contributed by atoms with Crippen molar-refractivity contribution in [2.75, 3.05) is 12.3 Å². The molecule has 2 aliphatic rings. The van der Waals surface area contributed by atoms with Crippen molar-refractivity contribution in [3.63, 3.8) is 0 Å². The number of nitrogens with one attached hydrogen (secondary N) is 1. The summed E-state index contributed by atoms with van der Waals surface area (Å²) in [5, 5.41) is 0. The molecule has 0 aromatic heterocycles. The van der Waals surface area contributed by atoms with Gasteiger partial charge in [-0.25, -0.2) is 13.1 Å². The maximum atomic E-state index is 13.2. The molecule has 0 amide bonds. The Morgan fingerprint density at radius 1 is 1.06 bits per heavy atom. The van der Waals surface area contributed by atoms with Crippen LogP contribution in [0.4, 0.5) is 13.2 Å². The zero-order valence-corrected chi connectivity index (χ0v) is 19.8. The van der Waals surface area contributed by atoms with Crippen molar-refractivity contribution in [2.45, 2.75) is 64.0 Å². The largest absolute Gasteiger partial charge is 0.416 e. The Morgan fingerprint density at radius 2 is 1.85 bits per heavy atom. The number of halogens is 3. The summed E-state index contributed by atoms with van der Waals surface area (Å²) >= 11 is 0. The number of rotatable bonds is 10. The van der Waals surface area contributed by atoms with E-state index < -0.39 is 21.8 Å². The van der Waals surface area contributed by atoms with E-state index in [9.17, 15) is 21.6 Å². The summed E-state index contributed by atoms with van der Waals surface area (Å²) in [5.74, 6) is 1.12. The molecule has 3 nitrogen and oxygen atoms in total. The fourth-order valence-corrected chi connectivity index (χ4v) is 6.58. The summed E-state index contributed by atoms with van der Waals surface area (Å²) in [4.78, 5) is 0. The highest BCUT2D eigenvalue weighted by Gasteiger charge is 2.34. The summed E-state index contributed by atoms with van der Waals surface area (Å²) in [6.45, 7) is 2.51. The molecule has 2 aliphatic carbocycles. The molecule has 1 saturated carbocycles. The molecule has 0 spiro atoms. The van der Waals surface area contributed by atoms with Crippen LogP contribution in [0.2, 0.25) is 0 Å². The molecule has 2 aromatic carbocycles. The number of benzene rings is 2. The van der Waals surface area contributed by atoms with Gasteiger partial charge >= 0.3 is 6.18 Å². The van der Waals surface area contributed by atoms with Crippen LogP contribution < -0.4 is 4.72 Å². The van der Waals surface area contributed by atoms with Gasteiger partial charge in [-0.05, 0) is 84.6 Å². The predicted molar refractivity (Wildman–Crippen MR) is 125 cm³/mol. The van der Waals surface area contributed by atoms with Crippen LogP contribution in [0, 0.1) is 11.8 Å². The van der Waals surface area contributed by atoms with E-state index in [1.807, 2.05) is 0 Å². The van der Waals surface area contributed by atoms with Crippen molar-refractivity contribution in [3.05, 3.63) is 70.3 Å². The number of hydrogen-bond donors (Lipinski definition) is 1. The molecule has 2 unspecified atom stereocenters. The van der Waals surface area contributed by atoms with E-state index in [2.05, 4.69) is 29.8 Å². The average Bonchev–Trinajstić information content (AvgIpc) is 3.49. The molecule has 0 bridgehead atoms. The molecule has 180 valence electrons. The molecule has 2 aromatic rings. The normalized spacial score (nSPS) is 20.7. The Balaban J connectivity index is 1.48. The van der Waals surface area contributed by atoms with E-state index in [4.69, 9.17) is 0 Å². The lowest BCUT2D eigenvalue weighted by Crippen LogP contribution is -2.29. The van der Waals surface area contributed by atoms with E-state index in [-0.39, 0.29) is 11.7 Å². The van der Waals surface area contributed by atoms with Gasteiger partial charge in [0.05, 0.1) is 11.3 Å². The number of sulfonamides is 1. The first-order valence-corrected chi connectivity index (χ1v) is 13.5. The molecular formula is C26H32F3NO2S. The van der Waals surface area contributed by atoms with Gasteiger partial charge in [-0.15, -0.1) is 0 Å². The van der Waals surface area contributed by atoms with Crippen LogP contribution in [0.5, 0.6) is 0 Å². The van der Waals surface area contributed by atoms with Crippen LogP contribution in [0.15, 0.2) is 42.5 Å². The maximum absolute atomic E-state index is 13.2. The first-order chi connectivity index (χ1) is 15.6. The molecule has 2 atom stereocenters. The van der Waals surface area contributed by atoms with Gasteiger partial charge in [0.15, 0.2) is 0 Å². The summed E-state index contributed by atoms with van der Waals surface area (Å²) in [6.07, 6.45) is 1.86. The van der Waals surface area contributed by atoms with E-state index >= 15 is 0 Å². The van der Waals surface area contributed by atoms with Gasteiger partial charge in [0.1, 0.15) is 0 Å². The summed E-state index contributed by atoms with van der Waals surface area (Å²) < 4.78 is 66.6. The summed E-state index contributed by atoms with van der Waals surface area (Å²) in [6, 6.07) is 12.0. The minimum Gasteiger partial charge on any atom is -0.215 e. The third-order valence-electron chi connectivity index (χ3n) is 6.92. The quantitative estimate of drug-likeness (QED) is 0.463. The monoisotopic (exact) mass is 479 g/mol. The van der Waals surface area contributed by atoms with Crippen LogP contribution in [-0.4, -0.2) is 20.7 Å². The highest BCUT2D eigenvalue weighted by atomic mass is 32.2. The molecular weight excluding hydrogens is 447 g/mol. The van der Waals surface area contributed by atoms with Crippen molar-refractivity contribution in [2.24, 2.45) is 11.8 Å². The van der Waals surface area contributed by atoms with Crippen LogP contribution in [0.1, 0.15) is 66.3 Å². The van der Waals surface area contributed by atoms with E-state index in [1.165, 1.54) is 23.3 Å². The van der Waals surface area contributed by atoms with Crippen molar-refractivity contribution in [3.8, 4) is 0 Å². The fourth-order valence-electron chi connectivity index (χ4n) is 5.09. The molecule has 0 heterocycles. The summed E-state index contributed by atoms with van der Waals surface area (Å²) in [5.41, 5.74) is 3.65. The topological polar surface area (TPSA) is 46.2 Å². The van der Waals surface area contributed by atoms with Crippen molar-refractivity contribution in [1.82, 2.24) is 4.72 Å². The molecule has 7 heteroatoms. The standard InChI is InChI=1S/C26H32F3NO2S/c1-2-4-21-16-22-10-9-18(11-12-30-33(31,32)17-19-7-8-19)14-24(22)25(21)15-20-5-3-6-23(13-20)26(27,28)29/h3,5-6,9-10,13-14,19,21,25,30H,2,4,7-8,11-12,15-17H2,1H3. The van der Waals surface area contributed by atoms with Gasteiger partial charge in [-0.3, -0.25) is 0 Å². The third kappa shape index (κ3) is 6.38. The van der Waals surface area contributed by atoms with E-state index in [0.29, 0.717) is 36.8 Å². The summed E-state index contributed by atoms with van der Waals surface area (Å²) in [7, 11) is -3.23. The molecule has 0 aliphatic heterocycles. The first kappa shape index (κ1) is 24.3. The highest BCUT2D eigenvalue weighted by molar-refractivity contribution is 7.89. The van der Waals surface area contributed by atoms with Crippen LogP contribution >= 0.6 is 0 Å². The highest BCUT2D eigenvalue weighted by Crippen LogP contribution is 2.43. The van der Waals surface area contributed by atoms with Crippen LogP contribution in [-0.2, 0) is 35.5 Å². The second kappa shape index (κ2) is 9.79. The van der Waals surface area contributed by atoms with E-state index in [1.54, 1.807) is 6.07 Å². The zero-order valence-electron chi connectivity index (χ0n) is 19.0. The van der Waals surface area contributed by atoms with Gasteiger partial charge in [-0.2, -0.15) is 13.2 Å². The maximum Gasteiger partial charge on any atom is 0.416 e. The van der Waals surface area contributed by atoms with Crippen LogP contribution in [0.3, 0.4) is 0 Å². The SMILES string of the molecule is CCCC1Cc2ccc(CCNS(=O)(=O)CC3CC3)cc2C1Cc1cccc(C(F)(F)F)c1. The lowest BCUT2D eigenvalue weighted by Gasteiger charge is -2.21. The zero-order chi connectivity index (χ0) is 23.6. The molecule has 33 heavy (non-hydrogen) atoms. The smallest absolute Gasteiger partial charge is 0.215 e. The Labute approximate surface area is 194 Å². The molecule has 4 rings (SSSR count). The molecule has 0 saturated heterocycles. The van der Waals surface area contributed by atoms with Crippen molar-refractivity contribution < 1.29 is 21.6 Å². The Hall–Kier alpha value is -1.86. The van der Waals surface area contributed by atoms with Gasteiger partial charge < -0.3 is 0 Å². The van der Waals surface area contributed by atoms with Crippen molar-refractivity contribution >= 4 is 10.0 Å². The Morgan fingerprint density at radius 3 is 2.55 bits per heavy atom. The lowest BCUT2D eigenvalue weighted by molar-refractivity contribution is -0.137. The van der Waals surface area contributed by atoms with Crippen molar-refractivity contribution in [1.29, 1.82) is 0 Å². The average molecular weight is 480 g/mol. The minimum atomic E-state index is -4.34. The van der Waals surface area contributed by atoms with Gasteiger partial charge in [0.2, 0.25) is 10.0 Å². The molecule has 1 fully saturated rings. The second-order valence-corrected chi connectivity index (χ2v) is 11.5. The van der Waals surface area contributed by atoms with Gasteiger partial charge in [-0.1, -0.05) is 49.7 Å². The second-order valence-electron chi connectivity index (χ2n) is 9.66. The Bertz CT molecular complexity index is 1080. The van der Waals surface area contributed by atoms with Gasteiger partial charge in [0.25, 0.3) is 0 Å². The van der Waals surface area contributed by atoms with Gasteiger partial charge in [0, 0.05) is 6.54 Å². The van der Waals surface area contributed by atoms with E-state index in [0.717, 1.165) is 43.7 Å². The number of alkyl halides is 3. The number of hydrogen-bond acceptors (Lipinski definition) is 2. The Kier molecular flexibility index (Phi) is 7.20. The third-order valence-corrected chi connectivity index (χ3v) is 8.47. The molecule has 0 radical (unpaired) electrons.